The van der Waals surface area contributed by atoms with Gasteiger partial charge in [-0.05, 0) is 39.2 Å². The molecule has 6 nitrogen and oxygen atoms in total. The smallest absolute Gasteiger partial charge is 0.410 e. The van der Waals surface area contributed by atoms with Gasteiger partial charge >= 0.3 is 12.1 Å². The van der Waals surface area contributed by atoms with E-state index in [9.17, 15) is 14.4 Å². The molecule has 0 bridgehead atoms. The van der Waals surface area contributed by atoms with Gasteiger partial charge in [-0.2, -0.15) is 0 Å². The molecule has 1 heterocycles. The van der Waals surface area contributed by atoms with E-state index in [-0.39, 0.29) is 18.8 Å². The predicted molar refractivity (Wildman–Crippen MR) is 91.8 cm³/mol. The van der Waals surface area contributed by atoms with E-state index < -0.39 is 23.7 Å². The summed E-state index contributed by atoms with van der Waals surface area (Å²) in [6.07, 6.45) is 0.404. The Morgan fingerprint density at radius 3 is 2.48 bits per heavy atom. The zero-order valence-electron chi connectivity index (χ0n) is 15.0. The van der Waals surface area contributed by atoms with Crippen LogP contribution in [0.2, 0.25) is 0 Å². The molecule has 0 aromatic heterocycles. The first-order valence-electron chi connectivity index (χ1n) is 8.48. The Bertz CT molecular complexity index is 620. The number of ether oxygens (including phenoxy) is 2. The fraction of sp³-hybridized carbons (Fsp3) is 0.526. The maximum Gasteiger partial charge on any atom is 0.410 e. The van der Waals surface area contributed by atoms with E-state index in [1.54, 1.807) is 20.8 Å². The molecular formula is C19H25NO5. The van der Waals surface area contributed by atoms with Crippen molar-refractivity contribution in [1.29, 1.82) is 0 Å². The summed E-state index contributed by atoms with van der Waals surface area (Å²) in [6.45, 7) is 5.86. The van der Waals surface area contributed by atoms with Crippen LogP contribution < -0.4 is 0 Å². The second-order valence-corrected chi connectivity index (χ2v) is 7.12. The second-order valence-electron chi connectivity index (χ2n) is 7.12. The lowest BCUT2D eigenvalue weighted by Gasteiger charge is -2.24. The van der Waals surface area contributed by atoms with Crippen LogP contribution in [0.15, 0.2) is 30.3 Å². The molecule has 0 spiro atoms. The Kier molecular flexibility index (Phi) is 6.17. The molecule has 0 saturated carbocycles. The molecule has 0 unspecified atom stereocenters. The minimum absolute atomic E-state index is 0.156. The van der Waals surface area contributed by atoms with Crippen LogP contribution >= 0.6 is 0 Å². The fourth-order valence-electron chi connectivity index (χ4n) is 2.76. The first kappa shape index (κ1) is 19.0. The standard InChI is InChI=1S/C19H25NO5/c1-19(2,3)25-17(22)12-16(21)15-10-7-11-20(15)18(23)24-13-14-8-5-4-6-9-14/h4-6,8-9,15H,7,10-13H2,1-3H3/t15-/m1/s1. The van der Waals surface area contributed by atoms with Gasteiger partial charge in [0.15, 0.2) is 5.78 Å². The highest BCUT2D eigenvalue weighted by molar-refractivity contribution is 5.99. The normalized spacial score (nSPS) is 17.2. The maximum atomic E-state index is 12.4. The summed E-state index contributed by atoms with van der Waals surface area (Å²) in [5, 5.41) is 0. The van der Waals surface area contributed by atoms with Crippen molar-refractivity contribution in [3.05, 3.63) is 35.9 Å². The van der Waals surface area contributed by atoms with Crippen molar-refractivity contribution in [2.75, 3.05) is 6.54 Å². The minimum atomic E-state index is -0.638. The van der Waals surface area contributed by atoms with Crippen LogP contribution in [0.3, 0.4) is 0 Å². The van der Waals surface area contributed by atoms with Crippen LogP contribution in [-0.4, -0.2) is 40.9 Å². The average molecular weight is 347 g/mol. The lowest BCUT2D eigenvalue weighted by Crippen LogP contribution is -2.41. The van der Waals surface area contributed by atoms with Gasteiger partial charge in [0.25, 0.3) is 0 Å². The number of ketones is 1. The van der Waals surface area contributed by atoms with Crippen LogP contribution in [0, 0.1) is 0 Å². The molecule has 1 saturated heterocycles. The van der Waals surface area contributed by atoms with Crippen molar-refractivity contribution < 1.29 is 23.9 Å². The summed E-state index contributed by atoms with van der Waals surface area (Å²) >= 11 is 0. The van der Waals surface area contributed by atoms with E-state index in [4.69, 9.17) is 9.47 Å². The first-order valence-corrected chi connectivity index (χ1v) is 8.48. The lowest BCUT2D eigenvalue weighted by atomic mass is 10.1. The number of Topliss-reactive ketones (excluding diaryl/α,β-unsaturated/α-hetero) is 1. The summed E-state index contributed by atoms with van der Waals surface area (Å²) in [7, 11) is 0. The number of carbonyl (C=O) groups is 3. The number of carbonyl (C=O) groups excluding carboxylic acids is 3. The molecule has 1 fully saturated rings. The molecule has 0 aliphatic carbocycles. The molecule has 1 aromatic carbocycles. The highest BCUT2D eigenvalue weighted by Crippen LogP contribution is 2.21. The third-order valence-corrected chi connectivity index (χ3v) is 3.80. The SMILES string of the molecule is CC(C)(C)OC(=O)CC(=O)[C@H]1CCCN1C(=O)OCc1ccccc1. The van der Waals surface area contributed by atoms with Gasteiger partial charge in [0.2, 0.25) is 0 Å². The van der Waals surface area contributed by atoms with Crippen LogP contribution in [0.4, 0.5) is 4.79 Å². The van der Waals surface area contributed by atoms with Gasteiger partial charge in [0.05, 0.1) is 6.04 Å². The Hall–Kier alpha value is -2.37. The van der Waals surface area contributed by atoms with E-state index in [1.165, 1.54) is 4.90 Å². The molecule has 1 atom stereocenters. The summed E-state index contributed by atoms with van der Waals surface area (Å²) in [4.78, 5) is 37.9. The summed E-state index contributed by atoms with van der Waals surface area (Å²) in [6, 6.07) is 8.73. The van der Waals surface area contributed by atoms with Gasteiger partial charge in [-0.3, -0.25) is 14.5 Å². The number of nitrogens with zero attached hydrogens (tertiary/aromatic N) is 1. The molecule has 136 valence electrons. The molecule has 0 radical (unpaired) electrons. The van der Waals surface area contributed by atoms with Gasteiger partial charge < -0.3 is 9.47 Å². The Balaban J connectivity index is 1.89. The molecule has 1 aromatic rings. The molecule has 25 heavy (non-hydrogen) atoms. The number of likely N-dealkylation sites (tertiary alicyclic amines) is 1. The van der Waals surface area contributed by atoms with Crippen LogP contribution in [0.25, 0.3) is 0 Å². The molecule has 0 N–H and O–H groups in total. The van der Waals surface area contributed by atoms with E-state index in [0.29, 0.717) is 19.4 Å². The van der Waals surface area contributed by atoms with Gasteiger partial charge in [-0.15, -0.1) is 0 Å². The molecule has 1 aliphatic heterocycles. The molecule has 2 rings (SSSR count). The zero-order chi connectivity index (χ0) is 18.4. The first-order chi connectivity index (χ1) is 11.8. The highest BCUT2D eigenvalue weighted by atomic mass is 16.6. The molecule has 6 heteroatoms. The van der Waals surface area contributed by atoms with Crippen LogP contribution in [-0.2, 0) is 25.7 Å². The van der Waals surface area contributed by atoms with Crippen molar-refractivity contribution in [1.82, 2.24) is 4.90 Å². The molecule has 1 aliphatic rings. The van der Waals surface area contributed by atoms with Gasteiger partial charge in [-0.1, -0.05) is 30.3 Å². The van der Waals surface area contributed by atoms with Gasteiger partial charge in [-0.25, -0.2) is 4.79 Å². The van der Waals surface area contributed by atoms with Gasteiger partial charge in [0, 0.05) is 6.54 Å². The summed E-state index contributed by atoms with van der Waals surface area (Å²) in [5.41, 5.74) is 0.244. The van der Waals surface area contributed by atoms with E-state index in [0.717, 1.165) is 5.56 Å². The zero-order valence-corrected chi connectivity index (χ0v) is 15.0. The van der Waals surface area contributed by atoms with E-state index in [1.807, 2.05) is 30.3 Å². The predicted octanol–water partition coefficient (Wildman–Crippen LogP) is 3.09. The van der Waals surface area contributed by atoms with Crippen LogP contribution in [0.5, 0.6) is 0 Å². The number of benzene rings is 1. The van der Waals surface area contributed by atoms with Crippen molar-refractivity contribution in [3.63, 3.8) is 0 Å². The quantitative estimate of drug-likeness (QED) is 0.604. The Morgan fingerprint density at radius 1 is 1.16 bits per heavy atom. The third-order valence-electron chi connectivity index (χ3n) is 3.80. The third kappa shape index (κ3) is 5.89. The monoisotopic (exact) mass is 347 g/mol. The van der Waals surface area contributed by atoms with Gasteiger partial charge in [0.1, 0.15) is 18.6 Å². The topological polar surface area (TPSA) is 72.9 Å². The fourth-order valence-corrected chi connectivity index (χ4v) is 2.76. The van der Waals surface area contributed by atoms with Crippen molar-refractivity contribution in [3.8, 4) is 0 Å². The second kappa shape index (κ2) is 8.14. The summed E-state index contributed by atoms with van der Waals surface area (Å²) < 4.78 is 10.5. The Morgan fingerprint density at radius 2 is 1.84 bits per heavy atom. The number of esters is 1. The lowest BCUT2D eigenvalue weighted by molar-refractivity contribution is -0.156. The van der Waals surface area contributed by atoms with Crippen molar-refractivity contribution in [2.24, 2.45) is 0 Å². The van der Waals surface area contributed by atoms with Crippen molar-refractivity contribution >= 4 is 17.8 Å². The molecule has 1 amide bonds. The Labute approximate surface area is 148 Å². The summed E-state index contributed by atoms with van der Waals surface area (Å²) in [5.74, 6) is -0.870. The van der Waals surface area contributed by atoms with Crippen molar-refractivity contribution in [2.45, 2.75) is 58.3 Å². The number of hydrogen-bond donors (Lipinski definition) is 0. The number of amides is 1. The largest absolute Gasteiger partial charge is 0.460 e. The number of hydrogen-bond acceptors (Lipinski definition) is 5. The van der Waals surface area contributed by atoms with E-state index >= 15 is 0 Å². The van der Waals surface area contributed by atoms with Crippen LogP contribution in [0.1, 0.15) is 45.6 Å². The highest BCUT2D eigenvalue weighted by Gasteiger charge is 2.36. The number of rotatable bonds is 5. The molecular weight excluding hydrogens is 322 g/mol. The maximum absolute atomic E-state index is 12.4. The average Bonchev–Trinajstić information content (AvgIpc) is 3.01. The minimum Gasteiger partial charge on any atom is -0.460 e. The van der Waals surface area contributed by atoms with E-state index in [2.05, 4.69) is 0 Å².